The highest BCUT2D eigenvalue weighted by molar-refractivity contribution is 5.94. The summed E-state index contributed by atoms with van der Waals surface area (Å²) in [4.78, 5) is 13.8. The highest BCUT2D eigenvalue weighted by Gasteiger charge is 2.79. The van der Waals surface area contributed by atoms with Crippen LogP contribution in [0.25, 0.3) is 0 Å². The van der Waals surface area contributed by atoms with E-state index in [1.807, 2.05) is 13.8 Å². The van der Waals surface area contributed by atoms with E-state index in [-0.39, 0.29) is 42.8 Å². The number of ketones is 1. The van der Waals surface area contributed by atoms with E-state index in [1.165, 1.54) is 6.92 Å². The molecule has 274 valence electrons. The zero-order valence-electron chi connectivity index (χ0n) is 27.6. The minimum Gasteiger partial charge on any atom is -0.394 e. The van der Waals surface area contributed by atoms with Crippen LogP contribution in [0, 0.1) is 46.3 Å². The summed E-state index contributed by atoms with van der Waals surface area (Å²) >= 11 is 0. The van der Waals surface area contributed by atoms with Gasteiger partial charge in [-0.25, -0.2) is 0 Å². The maximum absolute atomic E-state index is 13.8. The molecule has 0 bridgehead atoms. The van der Waals surface area contributed by atoms with Crippen LogP contribution in [0.4, 0.5) is 0 Å². The number of Topliss-reactive ketones (excluding diaryl/α,β-unsaturated/α-hetero) is 1. The average molecular weight is 689 g/mol. The number of hydrogen-bond donors (Lipinski definition) is 10. The van der Waals surface area contributed by atoms with Gasteiger partial charge in [0.05, 0.1) is 31.5 Å². The van der Waals surface area contributed by atoms with Crippen molar-refractivity contribution in [2.24, 2.45) is 46.3 Å². The second kappa shape index (κ2) is 11.6. The molecule has 0 aromatic rings. The number of carbonyl (C=O) groups is 1. The SMILES string of the molecule is C[C@H]1CO[C@]2(C[C@@H]1O[C@@H]1O[C@H](CO)[C@@H](O)[C@H](O)[C@H]1O)O[C@H]1C[C@H]3[C@@H]4[C@H](O)C(=O)[C@]5(O)[C@@H](O)[C@@H](O)[C@@H](O)[C@@H](O)[C@]5(C)[C@H]4CC[C@]3(C)[C@H]1[C@@H]2C. The van der Waals surface area contributed by atoms with Gasteiger partial charge in [0.25, 0.3) is 0 Å². The highest BCUT2D eigenvalue weighted by atomic mass is 16.7. The van der Waals surface area contributed by atoms with E-state index in [0.717, 1.165) is 0 Å². The van der Waals surface area contributed by atoms with Crippen molar-refractivity contribution in [2.75, 3.05) is 13.2 Å². The Bertz CT molecular complexity index is 1270. The summed E-state index contributed by atoms with van der Waals surface area (Å²) in [7, 11) is 0. The fourth-order valence-corrected chi connectivity index (χ4v) is 11.7. The molecule has 10 N–H and O–H groups in total. The number of fused-ring (bicyclic) bond motifs is 7. The second-order valence-corrected chi connectivity index (χ2v) is 16.4. The van der Waals surface area contributed by atoms with Gasteiger partial charge in [0.2, 0.25) is 0 Å². The summed E-state index contributed by atoms with van der Waals surface area (Å²) in [6.45, 7) is 7.19. The lowest BCUT2D eigenvalue weighted by molar-refractivity contribution is -0.345. The van der Waals surface area contributed by atoms with Gasteiger partial charge in [-0.1, -0.05) is 27.7 Å². The molecule has 7 fully saturated rings. The minimum absolute atomic E-state index is 0.0880. The Labute approximate surface area is 278 Å². The largest absolute Gasteiger partial charge is 0.394 e. The average Bonchev–Trinajstić information content (AvgIpc) is 3.50. The van der Waals surface area contributed by atoms with E-state index < -0.39 is 114 Å². The molecule has 15 heteroatoms. The Morgan fingerprint density at radius 3 is 2.23 bits per heavy atom. The van der Waals surface area contributed by atoms with Gasteiger partial charge < -0.3 is 70.0 Å². The first-order chi connectivity index (χ1) is 22.4. The third-order valence-corrected chi connectivity index (χ3v) is 14.5. The van der Waals surface area contributed by atoms with Crippen molar-refractivity contribution < 1.29 is 74.8 Å². The van der Waals surface area contributed by atoms with E-state index in [0.29, 0.717) is 19.3 Å². The van der Waals surface area contributed by atoms with Gasteiger partial charge in [0.15, 0.2) is 23.5 Å². The van der Waals surface area contributed by atoms with Gasteiger partial charge in [-0.15, -0.1) is 0 Å². The molecule has 0 aromatic heterocycles. The van der Waals surface area contributed by atoms with Crippen LogP contribution in [-0.2, 0) is 23.7 Å². The van der Waals surface area contributed by atoms with Crippen LogP contribution in [-0.4, -0.2) is 155 Å². The Kier molecular flexibility index (Phi) is 8.55. The molecule has 4 aliphatic carbocycles. The van der Waals surface area contributed by atoms with Crippen molar-refractivity contribution in [2.45, 2.75) is 138 Å². The maximum atomic E-state index is 13.8. The molecular weight excluding hydrogens is 636 g/mol. The normalized spacial score (nSPS) is 62.7. The molecule has 3 heterocycles. The van der Waals surface area contributed by atoms with Crippen LogP contribution >= 0.6 is 0 Å². The molecule has 0 amide bonds. The van der Waals surface area contributed by atoms with Gasteiger partial charge >= 0.3 is 0 Å². The summed E-state index contributed by atoms with van der Waals surface area (Å²) in [5.74, 6) is -4.30. The Hall–Kier alpha value is -0.890. The summed E-state index contributed by atoms with van der Waals surface area (Å²) in [6.07, 6.45) is -15.7. The molecule has 22 atom stereocenters. The molecule has 7 rings (SSSR count). The number of ether oxygens (including phenoxy) is 4. The van der Waals surface area contributed by atoms with Crippen LogP contribution in [0.5, 0.6) is 0 Å². The van der Waals surface area contributed by atoms with Crippen LogP contribution < -0.4 is 0 Å². The second-order valence-electron chi connectivity index (χ2n) is 16.4. The lowest BCUT2D eigenvalue weighted by Crippen LogP contribution is -2.82. The van der Waals surface area contributed by atoms with E-state index in [4.69, 9.17) is 18.9 Å². The van der Waals surface area contributed by atoms with Crippen molar-refractivity contribution >= 4 is 5.78 Å². The Balaban J connectivity index is 1.14. The van der Waals surface area contributed by atoms with E-state index in [2.05, 4.69) is 6.92 Å². The summed E-state index contributed by atoms with van der Waals surface area (Å²) in [6, 6.07) is 0. The topological polar surface area (TPSA) is 256 Å². The molecule has 3 aliphatic heterocycles. The third kappa shape index (κ3) is 4.35. The highest BCUT2D eigenvalue weighted by Crippen LogP contribution is 2.71. The molecule has 15 nitrogen and oxygen atoms in total. The molecule has 1 spiro atoms. The first kappa shape index (κ1) is 35.5. The Morgan fingerprint density at radius 2 is 1.56 bits per heavy atom. The molecule has 48 heavy (non-hydrogen) atoms. The standard InChI is InChI=1S/C33H52O15/c1-11-10-45-32(8-16(11)46-29-25(40)22(37)20(35)17(9-34)47-29)12(2)19-15(48-32)7-14-18-13(5-6-30(14,19)3)31(4)26(41)23(38)24(39)28(43)33(31,44)27(42)21(18)36/h11-26,28-29,34-41,43-44H,5-10H2,1-4H3/t11-,12-,13-,14-,15-,16-,17+,18+,19-,20+,21-,22-,23+,24-,25+,26+,28-,29+,30-,31-,32+,33-/m0/s1. The number of aliphatic hydroxyl groups excluding tert-OH is 9. The van der Waals surface area contributed by atoms with Crippen molar-refractivity contribution in [1.29, 1.82) is 0 Å². The summed E-state index contributed by atoms with van der Waals surface area (Å²) in [5, 5.41) is 107. The van der Waals surface area contributed by atoms with Crippen molar-refractivity contribution in [3.8, 4) is 0 Å². The predicted octanol–water partition coefficient (Wildman–Crippen LogP) is -3.23. The predicted molar refractivity (Wildman–Crippen MR) is 159 cm³/mol. The zero-order chi connectivity index (χ0) is 35.0. The van der Waals surface area contributed by atoms with Crippen LogP contribution in [0.3, 0.4) is 0 Å². The fraction of sp³-hybridized carbons (Fsp3) is 0.970. The van der Waals surface area contributed by atoms with E-state index in [9.17, 15) is 55.9 Å². The monoisotopic (exact) mass is 688 g/mol. The molecule has 0 unspecified atom stereocenters. The number of hydrogen-bond acceptors (Lipinski definition) is 15. The quantitative estimate of drug-likeness (QED) is 0.140. The van der Waals surface area contributed by atoms with E-state index >= 15 is 0 Å². The van der Waals surface area contributed by atoms with Crippen molar-refractivity contribution in [3.63, 3.8) is 0 Å². The lowest BCUT2D eigenvalue weighted by Gasteiger charge is -2.66. The molecule has 0 radical (unpaired) electrons. The van der Waals surface area contributed by atoms with Gasteiger partial charge in [-0.05, 0) is 48.3 Å². The molecule has 4 saturated carbocycles. The van der Waals surface area contributed by atoms with Gasteiger partial charge in [0, 0.05) is 23.7 Å². The van der Waals surface area contributed by atoms with Crippen molar-refractivity contribution in [3.05, 3.63) is 0 Å². The smallest absolute Gasteiger partial charge is 0.196 e. The van der Waals surface area contributed by atoms with Crippen LogP contribution in [0.2, 0.25) is 0 Å². The fourth-order valence-electron chi connectivity index (χ4n) is 11.7. The minimum atomic E-state index is -2.68. The molecular formula is C33H52O15. The number of aliphatic hydroxyl groups is 10. The molecule has 7 aliphatic rings. The lowest BCUT2D eigenvalue weighted by atomic mass is 9.40. The Morgan fingerprint density at radius 1 is 0.896 bits per heavy atom. The number of rotatable bonds is 3. The van der Waals surface area contributed by atoms with Crippen LogP contribution in [0.15, 0.2) is 0 Å². The maximum Gasteiger partial charge on any atom is 0.196 e. The molecule has 0 aromatic carbocycles. The van der Waals surface area contributed by atoms with Gasteiger partial charge in [-0.3, -0.25) is 4.79 Å². The summed E-state index contributed by atoms with van der Waals surface area (Å²) < 4.78 is 25.1. The summed E-state index contributed by atoms with van der Waals surface area (Å²) in [5.41, 5.74) is -4.90. The first-order valence-corrected chi connectivity index (χ1v) is 17.4. The van der Waals surface area contributed by atoms with Gasteiger partial charge in [-0.2, -0.15) is 0 Å². The van der Waals surface area contributed by atoms with Crippen LogP contribution in [0.1, 0.15) is 53.4 Å². The third-order valence-electron chi connectivity index (χ3n) is 14.5. The van der Waals surface area contributed by atoms with Gasteiger partial charge in [0.1, 0.15) is 48.8 Å². The van der Waals surface area contributed by atoms with E-state index in [1.54, 1.807) is 0 Å². The first-order valence-electron chi connectivity index (χ1n) is 17.4. The van der Waals surface area contributed by atoms with Crippen molar-refractivity contribution in [1.82, 2.24) is 0 Å². The zero-order valence-corrected chi connectivity index (χ0v) is 27.6. The molecule has 3 saturated heterocycles. The number of carbonyl (C=O) groups excluding carboxylic acids is 1.